The van der Waals surface area contributed by atoms with E-state index in [4.69, 9.17) is 0 Å². The Kier molecular flexibility index (Phi) is 6.07. The molecular weight excluding hydrogens is 234 g/mol. The van der Waals surface area contributed by atoms with Gasteiger partial charge < -0.3 is 4.90 Å². The smallest absolute Gasteiger partial charge is 0.228 e. The zero-order valence-corrected chi connectivity index (χ0v) is 12.8. The summed E-state index contributed by atoms with van der Waals surface area (Å²) in [4.78, 5) is 14.7. The molecule has 0 saturated carbocycles. The van der Waals surface area contributed by atoms with Crippen molar-refractivity contribution in [3.8, 4) is 0 Å². The molecule has 2 nitrogen and oxygen atoms in total. The van der Waals surface area contributed by atoms with Crippen molar-refractivity contribution in [3.63, 3.8) is 0 Å². The zero-order valence-electron chi connectivity index (χ0n) is 12.8. The fourth-order valence-electron chi connectivity index (χ4n) is 2.46. The van der Waals surface area contributed by atoms with Gasteiger partial charge in [-0.15, -0.1) is 0 Å². The SMILES string of the molecule is CCCN(CCC)C(=O)C(C)(C)Cc1ccccc1. The average Bonchev–Trinajstić information content (AvgIpc) is 2.38. The van der Waals surface area contributed by atoms with E-state index in [1.165, 1.54) is 5.56 Å². The summed E-state index contributed by atoms with van der Waals surface area (Å²) < 4.78 is 0. The summed E-state index contributed by atoms with van der Waals surface area (Å²) in [7, 11) is 0. The molecule has 0 heterocycles. The van der Waals surface area contributed by atoms with E-state index in [0.29, 0.717) is 0 Å². The standard InChI is InChI=1S/C17H27NO/c1-5-12-18(13-6-2)16(19)17(3,4)14-15-10-8-7-9-11-15/h7-11H,5-6,12-14H2,1-4H3. The quantitative estimate of drug-likeness (QED) is 0.729. The van der Waals surface area contributed by atoms with Crippen molar-refractivity contribution in [3.05, 3.63) is 35.9 Å². The molecule has 0 bridgehead atoms. The summed E-state index contributed by atoms with van der Waals surface area (Å²) in [6.07, 6.45) is 2.84. The minimum absolute atomic E-state index is 0.278. The first-order chi connectivity index (χ1) is 9.01. The van der Waals surface area contributed by atoms with Crippen LogP contribution in [0.1, 0.15) is 46.1 Å². The molecule has 0 aliphatic rings. The molecule has 2 heteroatoms. The van der Waals surface area contributed by atoms with Crippen molar-refractivity contribution in [2.24, 2.45) is 5.41 Å². The fourth-order valence-corrected chi connectivity index (χ4v) is 2.46. The van der Waals surface area contributed by atoms with Gasteiger partial charge in [-0.3, -0.25) is 4.79 Å². The fraction of sp³-hybridized carbons (Fsp3) is 0.588. The Morgan fingerprint density at radius 2 is 1.58 bits per heavy atom. The molecular formula is C17H27NO. The largest absolute Gasteiger partial charge is 0.342 e. The predicted octanol–water partition coefficient (Wildman–Crippen LogP) is 3.90. The second-order valence-electron chi connectivity index (χ2n) is 5.84. The number of rotatable bonds is 7. The maximum atomic E-state index is 12.7. The van der Waals surface area contributed by atoms with Gasteiger partial charge in [0.25, 0.3) is 0 Å². The Morgan fingerprint density at radius 3 is 2.05 bits per heavy atom. The Morgan fingerprint density at radius 1 is 1.05 bits per heavy atom. The van der Waals surface area contributed by atoms with Crippen LogP contribution < -0.4 is 0 Å². The van der Waals surface area contributed by atoms with Crippen molar-refractivity contribution < 1.29 is 4.79 Å². The number of benzene rings is 1. The average molecular weight is 261 g/mol. The highest BCUT2D eigenvalue weighted by Gasteiger charge is 2.31. The second kappa shape index (κ2) is 7.32. The molecule has 0 saturated heterocycles. The molecule has 0 aliphatic carbocycles. The lowest BCUT2D eigenvalue weighted by Crippen LogP contribution is -2.42. The minimum atomic E-state index is -0.328. The molecule has 0 N–H and O–H groups in total. The van der Waals surface area contributed by atoms with Crippen LogP contribution in [0.3, 0.4) is 0 Å². The maximum Gasteiger partial charge on any atom is 0.228 e. The van der Waals surface area contributed by atoms with Crippen LogP contribution in [0.4, 0.5) is 0 Å². The number of nitrogens with zero attached hydrogens (tertiary/aromatic N) is 1. The first-order valence-corrected chi connectivity index (χ1v) is 7.34. The van der Waals surface area contributed by atoms with E-state index in [1.54, 1.807) is 0 Å². The van der Waals surface area contributed by atoms with Gasteiger partial charge in [0.15, 0.2) is 0 Å². The Hall–Kier alpha value is -1.31. The van der Waals surface area contributed by atoms with E-state index in [9.17, 15) is 4.79 Å². The topological polar surface area (TPSA) is 20.3 Å². The van der Waals surface area contributed by atoms with Gasteiger partial charge >= 0.3 is 0 Å². The van der Waals surface area contributed by atoms with Gasteiger partial charge in [-0.1, -0.05) is 58.0 Å². The van der Waals surface area contributed by atoms with Crippen molar-refractivity contribution in [1.29, 1.82) is 0 Å². The van der Waals surface area contributed by atoms with Crippen LogP contribution >= 0.6 is 0 Å². The molecule has 0 spiro atoms. The summed E-state index contributed by atoms with van der Waals surface area (Å²) >= 11 is 0. The summed E-state index contributed by atoms with van der Waals surface area (Å²) in [5.74, 6) is 0.278. The monoisotopic (exact) mass is 261 g/mol. The Bertz CT molecular complexity index is 378. The van der Waals surface area contributed by atoms with Crippen molar-refractivity contribution in [2.75, 3.05) is 13.1 Å². The van der Waals surface area contributed by atoms with E-state index in [-0.39, 0.29) is 11.3 Å². The molecule has 0 aromatic heterocycles. The molecule has 0 atom stereocenters. The van der Waals surface area contributed by atoms with Gasteiger partial charge in [0.05, 0.1) is 0 Å². The van der Waals surface area contributed by atoms with Crippen LogP contribution in [0.2, 0.25) is 0 Å². The van der Waals surface area contributed by atoms with Crippen LogP contribution in [-0.4, -0.2) is 23.9 Å². The van der Waals surface area contributed by atoms with Gasteiger partial charge in [-0.25, -0.2) is 0 Å². The summed E-state index contributed by atoms with van der Waals surface area (Å²) in [5, 5.41) is 0. The van der Waals surface area contributed by atoms with Gasteiger partial charge in [-0.05, 0) is 24.8 Å². The van der Waals surface area contributed by atoms with Crippen LogP contribution in [0.25, 0.3) is 0 Å². The van der Waals surface area contributed by atoms with E-state index in [1.807, 2.05) is 23.1 Å². The van der Waals surface area contributed by atoms with Gasteiger partial charge in [0.1, 0.15) is 0 Å². The molecule has 0 fully saturated rings. The third kappa shape index (κ3) is 4.70. The predicted molar refractivity (Wildman–Crippen MR) is 81.1 cm³/mol. The van der Waals surface area contributed by atoms with Crippen molar-refractivity contribution in [2.45, 2.75) is 47.0 Å². The maximum absolute atomic E-state index is 12.7. The summed E-state index contributed by atoms with van der Waals surface area (Å²) in [5.41, 5.74) is 0.903. The Balaban J connectivity index is 2.76. The molecule has 0 unspecified atom stereocenters. The number of hydrogen-bond donors (Lipinski definition) is 0. The van der Waals surface area contributed by atoms with Gasteiger partial charge in [-0.2, -0.15) is 0 Å². The first kappa shape index (κ1) is 15.7. The van der Waals surface area contributed by atoms with Gasteiger partial charge in [0.2, 0.25) is 5.91 Å². The highest BCUT2D eigenvalue weighted by molar-refractivity contribution is 5.82. The zero-order chi connectivity index (χ0) is 14.3. The molecule has 106 valence electrons. The number of carbonyl (C=O) groups excluding carboxylic acids is 1. The van der Waals surface area contributed by atoms with Crippen LogP contribution in [0, 0.1) is 5.41 Å². The lowest BCUT2D eigenvalue weighted by atomic mass is 9.84. The van der Waals surface area contributed by atoms with Crippen molar-refractivity contribution in [1.82, 2.24) is 4.90 Å². The summed E-state index contributed by atoms with van der Waals surface area (Å²) in [6.45, 7) is 10.1. The van der Waals surface area contributed by atoms with Crippen LogP contribution in [-0.2, 0) is 11.2 Å². The molecule has 0 aliphatic heterocycles. The molecule has 1 aromatic carbocycles. The van der Waals surface area contributed by atoms with Crippen molar-refractivity contribution >= 4 is 5.91 Å². The normalized spacial score (nSPS) is 11.4. The van der Waals surface area contributed by atoms with Crippen LogP contribution in [0.5, 0.6) is 0 Å². The third-order valence-electron chi connectivity index (χ3n) is 3.34. The van der Waals surface area contributed by atoms with E-state index >= 15 is 0 Å². The number of amides is 1. The first-order valence-electron chi connectivity index (χ1n) is 7.34. The lowest BCUT2D eigenvalue weighted by Gasteiger charge is -2.32. The van der Waals surface area contributed by atoms with Gasteiger partial charge in [0, 0.05) is 18.5 Å². The lowest BCUT2D eigenvalue weighted by molar-refractivity contribution is -0.140. The molecule has 19 heavy (non-hydrogen) atoms. The second-order valence-corrected chi connectivity index (χ2v) is 5.84. The molecule has 1 amide bonds. The third-order valence-corrected chi connectivity index (χ3v) is 3.34. The molecule has 0 radical (unpaired) electrons. The number of carbonyl (C=O) groups is 1. The van der Waals surface area contributed by atoms with E-state index in [0.717, 1.165) is 32.4 Å². The molecule has 1 aromatic rings. The summed E-state index contributed by atoms with van der Waals surface area (Å²) in [6, 6.07) is 10.3. The van der Waals surface area contributed by atoms with E-state index < -0.39 is 0 Å². The highest BCUT2D eigenvalue weighted by Crippen LogP contribution is 2.25. The number of hydrogen-bond acceptors (Lipinski definition) is 1. The van der Waals surface area contributed by atoms with Crippen LogP contribution in [0.15, 0.2) is 30.3 Å². The molecule has 1 rings (SSSR count). The van der Waals surface area contributed by atoms with E-state index in [2.05, 4.69) is 39.8 Å². The Labute approximate surface area is 117 Å². The highest BCUT2D eigenvalue weighted by atomic mass is 16.2. The minimum Gasteiger partial charge on any atom is -0.342 e.